The third kappa shape index (κ3) is 3.91. The highest BCUT2D eigenvalue weighted by atomic mass is 16.7. The van der Waals surface area contributed by atoms with Crippen molar-refractivity contribution in [2.24, 2.45) is 0 Å². The Labute approximate surface area is 147 Å². The smallest absolute Gasteiger partial charge is 0.231 e. The van der Waals surface area contributed by atoms with Crippen LogP contribution in [-0.4, -0.2) is 39.1 Å². The standard InChI is InChI=1S/C19H22N2O4/c1-2-5-18-16(4-1)22-12-15(25-18)11-20-8-3-9-21-14-6-7-17-19(10-14)24-13-23-17/h1-2,4-7,10,15,20-21H,3,8-9,11-13H2. The van der Waals surface area contributed by atoms with Crippen LogP contribution in [0.3, 0.4) is 0 Å². The van der Waals surface area contributed by atoms with Crippen LogP contribution in [0.2, 0.25) is 0 Å². The lowest BCUT2D eigenvalue weighted by Crippen LogP contribution is -2.39. The summed E-state index contributed by atoms with van der Waals surface area (Å²) >= 11 is 0. The van der Waals surface area contributed by atoms with Gasteiger partial charge in [-0.2, -0.15) is 0 Å². The molecule has 2 aromatic carbocycles. The van der Waals surface area contributed by atoms with Gasteiger partial charge in [0.2, 0.25) is 6.79 Å². The minimum atomic E-state index is 0.0525. The Bertz CT molecular complexity index is 722. The van der Waals surface area contributed by atoms with Gasteiger partial charge in [-0.05, 0) is 37.2 Å². The van der Waals surface area contributed by atoms with Gasteiger partial charge in [0.05, 0.1) is 0 Å². The van der Waals surface area contributed by atoms with Crippen molar-refractivity contribution < 1.29 is 18.9 Å². The lowest BCUT2D eigenvalue weighted by atomic mass is 10.2. The zero-order valence-corrected chi connectivity index (χ0v) is 14.0. The number of anilines is 1. The van der Waals surface area contributed by atoms with Crippen molar-refractivity contribution in [3.63, 3.8) is 0 Å². The molecule has 2 aliphatic heterocycles. The topological polar surface area (TPSA) is 61.0 Å². The molecule has 2 aromatic rings. The minimum Gasteiger partial charge on any atom is -0.486 e. The maximum Gasteiger partial charge on any atom is 0.231 e. The molecule has 132 valence electrons. The van der Waals surface area contributed by atoms with Gasteiger partial charge in [-0.3, -0.25) is 0 Å². The zero-order valence-electron chi connectivity index (χ0n) is 14.0. The Morgan fingerprint density at radius 1 is 0.880 bits per heavy atom. The van der Waals surface area contributed by atoms with Crippen molar-refractivity contribution in [1.82, 2.24) is 5.32 Å². The maximum atomic E-state index is 5.92. The van der Waals surface area contributed by atoms with Crippen molar-refractivity contribution in [3.05, 3.63) is 42.5 Å². The number of para-hydroxylation sites is 2. The van der Waals surface area contributed by atoms with Gasteiger partial charge in [-0.25, -0.2) is 0 Å². The third-order valence-corrected chi connectivity index (χ3v) is 4.17. The molecular weight excluding hydrogens is 320 g/mol. The van der Waals surface area contributed by atoms with Crippen molar-refractivity contribution in [3.8, 4) is 23.0 Å². The van der Waals surface area contributed by atoms with Crippen LogP contribution in [0.4, 0.5) is 5.69 Å². The van der Waals surface area contributed by atoms with Crippen molar-refractivity contribution in [2.75, 3.05) is 38.4 Å². The van der Waals surface area contributed by atoms with Crippen LogP contribution in [0.25, 0.3) is 0 Å². The van der Waals surface area contributed by atoms with E-state index in [1.165, 1.54) is 0 Å². The SMILES string of the molecule is c1ccc2c(c1)OCC(CNCCCNc1ccc3c(c1)OCO3)O2. The summed E-state index contributed by atoms with van der Waals surface area (Å²) in [6.45, 7) is 3.47. The molecule has 1 atom stereocenters. The molecule has 0 fully saturated rings. The van der Waals surface area contributed by atoms with Crippen LogP contribution in [0, 0.1) is 0 Å². The van der Waals surface area contributed by atoms with Crippen LogP contribution >= 0.6 is 0 Å². The summed E-state index contributed by atoms with van der Waals surface area (Å²) in [7, 11) is 0. The molecule has 0 amide bonds. The van der Waals surface area contributed by atoms with E-state index >= 15 is 0 Å². The monoisotopic (exact) mass is 342 g/mol. The molecule has 4 rings (SSSR count). The van der Waals surface area contributed by atoms with E-state index in [-0.39, 0.29) is 6.10 Å². The molecule has 0 saturated heterocycles. The fourth-order valence-corrected chi connectivity index (χ4v) is 2.88. The molecular formula is C19H22N2O4. The highest BCUT2D eigenvalue weighted by Gasteiger charge is 2.19. The van der Waals surface area contributed by atoms with Crippen LogP contribution in [-0.2, 0) is 0 Å². The predicted octanol–water partition coefficient (Wildman–Crippen LogP) is 2.65. The molecule has 6 nitrogen and oxygen atoms in total. The van der Waals surface area contributed by atoms with Gasteiger partial charge in [-0.15, -0.1) is 0 Å². The summed E-state index contributed by atoms with van der Waals surface area (Å²) in [6, 6.07) is 13.7. The van der Waals surface area contributed by atoms with Crippen molar-refractivity contribution in [2.45, 2.75) is 12.5 Å². The number of hydrogen-bond donors (Lipinski definition) is 2. The number of ether oxygens (including phenoxy) is 4. The Morgan fingerprint density at radius 2 is 1.72 bits per heavy atom. The fraction of sp³-hybridized carbons (Fsp3) is 0.368. The molecule has 0 bridgehead atoms. The fourth-order valence-electron chi connectivity index (χ4n) is 2.88. The Morgan fingerprint density at radius 3 is 2.68 bits per heavy atom. The summed E-state index contributed by atoms with van der Waals surface area (Å²) in [5.74, 6) is 3.26. The number of hydrogen-bond acceptors (Lipinski definition) is 6. The number of nitrogens with one attached hydrogen (secondary N) is 2. The predicted molar refractivity (Wildman–Crippen MR) is 94.9 cm³/mol. The molecule has 2 heterocycles. The number of rotatable bonds is 7. The molecule has 6 heteroatoms. The molecule has 0 aliphatic carbocycles. The lowest BCUT2D eigenvalue weighted by Gasteiger charge is -2.26. The van der Waals surface area contributed by atoms with Crippen LogP contribution < -0.4 is 29.6 Å². The minimum absolute atomic E-state index is 0.0525. The number of benzene rings is 2. The number of fused-ring (bicyclic) bond motifs is 2. The third-order valence-electron chi connectivity index (χ3n) is 4.17. The van der Waals surface area contributed by atoms with Gasteiger partial charge in [0.25, 0.3) is 0 Å². The first-order valence-corrected chi connectivity index (χ1v) is 8.61. The van der Waals surface area contributed by atoms with Crippen molar-refractivity contribution in [1.29, 1.82) is 0 Å². The summed E-state index contributed by atoms with van der Waals surface area (Å²) in [4.78, 5) is 0. The van der Waals surface area contributed by atoms with Gasteiger partial charge < -0.3 is 29.6 Å². The second kappa shape index (κ2) is 7.53. The van der Waals surface area contributed by atoms with E-state index in [1.54, 1.807) is 0 Å². The molecule has 25 heavy (non-hydrogen) atoms. The second-order valence-corrected chi connectivity index (χ2v) is 6.05. The first kappa shape index (κ1) is 15.9. The summed E-state index contributed by atoms with van der Waals surface area (Å²) in [5.41, 5.74) is 1.05. The van der Waals surface area contributed by atoms with E-state index in [9.17, 15) is 0 Å². The van der Waals surface area contributed by atoms with E-state index in [2.05, 4.69) is 10.6 Å². The van der Waals surface area contributed by atoms with E-state index in [1.807, 2.05) is 42.5 Å². The first-order chi connectivity index (χ1) is 12.4. The summed E-state index contributed by atoms with van der Waals surface area (Å²) in [5, 5.41) is 6.82. The van der Waals surface area contributed by atoms with E-state index in [4.69, 9.17) is 18.9 Å². The van der Waals surface area contributed by atoms with E-state index in [0.717, 1.165) is 54.7 Å². The molecule has 2 N–H and O–H groups in total. The van der Waals surface area contributed by atoms with Crippen molar-refractivity contribution >= 4 is 5.69 Å². The van der Waals surface area contributed by atoms with Crippen LogP contribution in [0.5, 0.6) is 23.0 Å². The normalized spacial score (nSPS) is 17.4. The summed E-state index contributed by atoms with van der Waals surface area (Å²) in [6.07, 6.45) is 1.07. The Balaban J connectivity index is 1.13. The highest BCUT2D eigenvalue weighted by Crippen LogP contribution is 2.34. The van der Waals surface area contributed by atoms with Gasteiger partial charge in [-0.1, -0.05) is 12.1 Å². The lowest BCUT2D eigenvalue weighted by molar-refractivity contribution is 0.0906. The average Bonchev–Trinajstić information content (AvgIpc) is 3.12. The molecule has 2 aliphatic rings. The van der Waals surface area contributed by atoms with Crippen LogP contribution in [0.1, 0.15) is 6.42 Å². The Kier molecular flexibility index (Phi) is 4.79. The molecule has 1 unspecified atom stereocenters. The zero-order chi connectivity index (χ0) is 16.9. The van der Waals surface area contributed by atoms with Gasteiger partial charge in [0.1, 0.15) is 12.7 Å². The van der Waals surface area contributed by atoms with Gasteiger partial charge in [0.15, 0.2) is 23.0 Å². The summed E-state index contributed by atoms with van der Waals surface area (Å²) < 4.78 is 22.3. The molecule has 0 aromatic heterocycles. The van der Waals surface area contributed by atoms with Gasteiger partial charge in [0, 0.05) is 24.8 Å². The molecule has 0 saturated carbocycles. The molecule has 0 radical (unpaired) electrons. The van der Waals surface area contributed by atoms with Crippen LogP contribution in [0.15, 0.2) is 42.5 Å². The van der Waals surface area contributed by atoms with E-state index in [0.29, 0.717) is 13.4 Å². The second-order valence-electron chi connectivity index (χ2n) is 6.05. The quantitative estimate of drug-likeness (QED) is 0.755. The van der Waals surface area contributed by atoms with Gasteiger partial charge >= 0.3 is 0 Å². The largest absolute Gasteiger partial charge is 0.486 e. The first-order valence-electron chi connectivity index (χ1n) is 8.61. The maximum absolute atomic E-state index is 5.92. The Hall–Kier alpha value is -2.60. The highest BCUT2D eigenvalue weighted by molar-refractivity contribution is 5.55. The molecule has 0 spiro atoms. The average molecular weight is 342 g/mol. The van der Waals surface area contributed by atoms with E-state index < -0.39 is 0 Å².